The number of aliphatic carboxylic acids is 1. The molecule has 0 saturated carbocycles. The Morgan fingerprint density at radius 2 is 2.35 bits per heavy atom. The third-order valence-electron chi connectivity index (χ3n) is 3.59. The lowest BCUT2D eigenvalue weighted by Gasteiger charge is -2.34. The van der Waals surface area contributed by atoms with Crippen molar-refractivity contribution in [3.63, 3.8) is 0 Å². The van der Waals surface area contributed by atoms with E-state index in [4.69, 9.17) is 9.84 Å². The first-order valence-corrected chi connectivity index (χ1v) is 7.41. The highest BCUT2D eigenvalue weighted by Gasteiger charge is 2.30. The maximum Gasteiger partial charge on any atom is 0.334 e. The van der Waals surface area contributed by atoms with Crippen molar-refractivity contribution in [1.82, 2.24) is 9.88 Å². The van der Waals surface area contributed by atoms with Gasteiger partial charge in [-0.3, -0.25) is 4.90 Å². The van der Waals surface area contributed by atoms with Crippen LogP contribution in [0.2, 0.25) is 0 Å². The zero-order valence-corrected chi connectivity index (χ0v) is 12.0. The van der Waals surface area contributed by atoms with Crippen molar-refractivity contribution in [2.45, 2.75) is 19.1 Å². The Hall–Kier alpha value is -1.50. The molecule has 3 rings (SSSR count). The molecule has 5 nitrogen and oxygen atoms in total. The van der Waals surface area contributed by atoms with Crippen molar-refractivity contribution in [2.24, 2.45) is 0 Å². The van der Waals surface area contributed by atoms with Gasteiger partial charge < -0.3 is 9.84 Å². The molecule has 0 spiro atoms. The Balaban J connectivity index is 1.80. The van der Waals surface area contributed by atoms with Crippen LogP contribution in [0.15, 0.2) is 24.3 Å². The monoisotopic (exact) mass is 292 g/mol. The lowest BCUT2D eigenvalue weighted by molar-refractivity contribution is -0.157. The third kappa shape index (κ3) is 2.54. The van der Waals surface area contributed by atoms with Crippen molar-refractivity contribution in [1.29, 1.82) is 0 Å². The summed E-state index contributed by atoms with van der Waals surface area (Å²) in [5.74, 6) is -0.897. The Morgan fingerprint density at radius 3 is 3.10 bits per heavy atom. The molecule has 1 N–H and O–H groups in total. The number of thiazole rings is 1. The summed E-state index contributed by atoms with van der Waals surface area (Å²) in [6.45, 7) is 3.67. The van der Waals surface area contributed by atoms with Gasteiger partial charge in [-0.15, -0.1) is 11.3 Å². The van der Waals surface area contributed by atoms with E-state index >= 15 is 0 Å². The van der Waals surface area contributed by atoms with E-state index in [-0.39, 0.29) is 6.04 Å². The van der Waals surface area contributed by atoms with Crippen LogP contribution in [0.1, 0.15) is 18.0 Å². The third-order valence-corrected chi connectivity index (χ3v) is 4.80. The van der Waals surface area contributed by atoms with E-state index in [1.54, 1.807) is 11.3 Å². The number of morpholine rings is 1. The Bertz CT molecular complexity index is 595. The lowest BCUT2D eigenvalue weighted by atomic mass is 10.2. The molecule has 6 heteroatoms. The molecule has 1 aromatic carbocycles. The van der Waals surface area contributed by atoms with Crippen LogP contribution in [-0.4, -0.2) is 46.8 Å². The van der Waals surface area contributed by atoms with E-state index < -0.39 is 12.1 Å². The van der Waals surface area contributed by atoms with E-state index in [1.807, 2.05) is 18.2 Å². The smallest absolute Gasteiger partial charge is 0.334 e. The van der Waals surface area contributed by atoms with Crippen molar-refractivity contribution in [2.75, 3.05) is 19.7 Å². The maximum atomic E-state index is 11.0. The summed E-state index contributed by atoms with van der Waals surface area (Å²) in [5, 5.41) is 10.1. The zero-order valence-electron chi connectivity index (χ0n) is 11.2. The lowest BCUT2D eigenvalue weighted by Crippen LogP contribution is -2.46. The molecule has 0 radical (unpaired) electrons. The largest absolute Gasteiger partial charge is 0.479 e. The van der Waals surface area contributed by atoms with Crippen LogP contribution in [0.25, 0.3) is 10.2 Å². The molecule has 106 valence electrons. The highest BCUT2D eigenvalue weighted by Crippen LogP contribution is 2.30. The first-order valence-electron chi connectivity index (χ1n) is 6.59. The molecule has 0 aliphatic carbocycles. The fraction of sp³-hybridized carbons (Fsp3) is 0.429. The summed E-state index contributed by atoms with van der Waals surface area (Å²) in [6.07, 6.45) is -0.736. The van der Waals surface area contributed by atoms with Crippen molar-refractivity contribution in [3.05, 3.63) is 29.3 Å². The predicted molar refractivity (Wildman–Crippen MR) is 77.0 cm³/mol. The summed E-state index contributed by atoms with van der Waals surface area (Å²) < 4.78 is 6.42. The number of aromatic nitrogens is 1. The van der Waals surface area contributed by atoms with Crippen LogP contribution in [0.5, 0.6) is 0 Å². The number of benzene rings is 1. The van der Waals surface area contributed by atoms with Gasteiger partial charge in [-0.2, -0.15) is 0 Å². The maximum absolute atomic E-state index is 11.0. The number of rotatable bonds is 3. The Morgan fingerprint density at radius 1 is 1.55 bits per heavy atom. The molecule has 0 bridgehead atoms. The van der Waals surface area contributed by atoms with Crippen molar-refractivity contribution >= 4 is 27.5 Å². The molecule has 1 aromatic heterocycles. The average molecular weight is 292 g/mol. The highest BCUT2D eigenvalue weighted by molar-refractivity contribution is 7.18. The van der Waals surface area contributed by atoms with Gasteiger partial charge in [0.15, 0.2) is 6.10 Å². The van der Waals surface area contributed by atoms with Crippen LogP contribution in [0, 0.1) is 0 Å². The SMILES string of the molecule is CC(c1nc2ccccc2s1)N1CCOC(C(=O)O)C1. The Labute approximate surface area is 120 Å². The van der Waals surface area contributed by atoms with Crippen LogP contribution in [0.3, 0.4) is 0 Å². The summed E-state index contributed by atoms with van der Waals surface area (Å²) in [7, 11) is 0. The van der Waals surface area contributed by atoms with Gasteiger partial charge in [0.05, 0.1) is 22.9 Å². The van der Waals surface area contributed by atoms with Crippen molar-refractivity contribution in [3.8, 4) is 0 Å². The van der Waals surface area contributed by atoms with Crippen LogP contribution >= 0.6 is 11.3 Å². The average Bonchev–Trinajstić information content (AvgIpc) is 2.90. The molecule has 2 atom stereocenters. The first kappa shape index (κ1) is 13.5. The number of hydrogen-bond donors (Lipinski definition) is 1. The second kappa shape index (κ2) is 5.47. The molecule has 1 aliphatic rings. The topological polar surface area (TPSA) is 62.7 Å². The van der Waals surface area contributed by atoms with Crippen molar-refractivity contribution < 1.29 is 14.6 Å². The number of carbonyl (C=O) groups is 1. The number of carboxylic acid groups (broad SMARTS) is 1. The standard InChI is InChI=1S/C14H16N2O3S/c1-9(16-6-7-19-11(8-16)14(17)18)13-15-10-4-2-3-5-12(10)20-13/h2-5,9,11H,6-8H2,1H3,(H,17,18). The zero-order chi connectivity index (χ0) is 14.1. The van der Waals surface area contributed by atoms with E-state index in [1.165, 1.54) is 0 Å². The first-order chi connectivity index (χ1) is 9.65. The minimum atomic E-state index is -0.897. The van der Waals surface area contributed by atoms with Gasteiger partial charge in [-0.25, -0.2) is 9.78 Å². The van der Waals surface area contributed by atoms with Crippen LogP contribution in [0.4, 0.5) is 0 Å². The summed E-state index contributed by atoms with van der Waals surface area (Å²) in [6, 6.07) is 8.15. The Kier molecular flexibility index (Phi) is 3.69. The van der Waals surface area contributed by atoms with E-state index in [9.17, 15) is 4.79 Å². The van der Waals surface area contributed by atoms with Gasteiger partial charge in [0.2, 0.25) is 0 Å². The van der Waals surface area contributed by atoms with E-state index in [2.05, 4.69) is 22.9 Å². The number of fused-ring (bicyclic) bond motifs is 1. The minimum absolute atomic E-state index is 0.109. The fourth-order valence-electron chi connectivity index (χ4n) is 2.40. The molecule has 1 fully saturated rings. The van der Waals surface area contributed by atoms with Gasteiger partial charge >= 0.3 is 5.97 Å². The molecule has 1 aliphatic heterocycles. The number of hydrogen-bond acceptors (Lipinski definition) is 5. The highest BCUT2D eigenvalue weighted by atomic mass is 32.1. The minimum Gasteiger partial charge on any atom is -0.479 e. The quantitative estimate of drug-likeness (QED) is 0.939. The number of nitrogens with zero attached hydrogens (tertiary/aromatic N) is 2. The summed E-state index contributed by atoms with van der Waals surface area (Å²) >= 11 is 1.67. The molecule has 0 amide bonds. The van der Waals surface area contributed by atoms with Gasteiger partial charge in [0, 0.05) is 13.1 Å². The number of ether oxygens (including phenoxy) is 1. The van der Waals surface area contributed by atoms with Crippen LogP contribution < -0.4 is 0 Å². The molecule has 2 unspecified atom stereocenters. The second-order valence-corrected chi connectivity index (χ2v) is 5.95. The van der Waals surface area contributed by atoms with Gasteiger partial charge in [-0.05, 0) is 19.1 Å². The second-order valence-electron chi connectivity index (χ2n) is 4.89. The molecule has 2 aromatic rings. The summed E-state index contributed by atoms with van der Waals surface area (Å²) in [4.78, 5) is 17.8. The van der Waals surface area contributed by atoms with Gasteiger partial charge in [0.1, 0.15) is 5.01 Å². The number of carboxylic acids is 1. The normalized spacial score (nSPS) is 21.9. The summed E-state index contributed by atoms with van der Waals surface area (Å²) in [5.41, 5.74) is 1.00. The fourth-order valence-corrected chi connectivity index (χ4v) is 3.45. The van der Waals surface area contributed by atoms with Gasteiger partial charge in [-0.1, -0.05) is 12.1 Å². The van der Waals surface area contributed by atoms with E-state index in [0.29, 0.717) is 13.2 Å². The predicted octanol–water partition coefficient (Wildman–Crippen LogP) is 2.14. The molecule has 1 saturated heterocycles. The molecule has 20 heavy (non-hydrogen) atoms. The molecular weight excluding hydrogens is 276 g/mol. The molecular formula is C14H16N2O3S. The molecule has 2 heterocycles. The van der Waals surface area contributed by atoms with E-state index in [0.717, 1.165) is 21.8 Å². The number of para-hydroxylation sites is 1. The van der Waals surface area contributed by atoms with Crippen LogP contribution in [-0.2, 0) is 9.53 Å². The van der Waals surface area contributed by atoms with Gasteiger partial charge in [0.25, 0.3) is 0 Å².